The smallest absolute Gasteiger partial charge is 0.367 e. The quantitative estimate of drug-likeness (QED) is 0.545. The summed E-state index contributed by atoms with van der Waals surface area (Å²) >= 11 is 0. The van der Waals surface area contributed by atoms with Crippen LogP contribution < -0.4 is 10.6 Å². The zero-order valence-electron chi connectivity index (χ0n) is 20.4. The van der Waals surface area contributed by atoms with Gasteiger partial charge in [-0.15, -0.1) is 8.80 Å². The molecule has 0 radical (unpaired) electrons. The molecule has 34 heavy (non-hydrogen) atoms. The summed E-state index contributed by atoms with van der Waals surface area (Å²) in [5.74, 6) is 0.0410. The van der Waals surface area contributed by atoms with E-state index in [1.165, 1.54) is 17.0 Å². The monoisotopic (exact) mass is 489 g/mol. The molecule has 10 nitrogen and oxygen atoms in total. The molecular weight excluding hydrogens is 458 g/mol. The minimum atomic E-state index is -4.14. The van der Waals surface area contributed by atoms with Crippen LogP contribution in [-0.4, -0.2) is 50.1 Å². The van der Waals surface area contributed by atoms with Crippen molar-refractivity contribution in [2.24, 2.45) is 14.2 Å². The molecule has 1 aliphatic heterocycles. The molecule has 0 bridgehead atoms. The molecule has 1 aromatic carbocycles. The largest absolute Gasteiger partial charge is 0.505 e. The molecule has 3 N–H and O–H groups in total. The molecule has 1 aromatic heterocycles. The van der Waals surface area contributed by atoms with Crippen LogP contribution in [0.5, 0.6) is 5.75 Å². The van der Waals surface area contributed by atoms with Gasteiger partial charge in [-0.05, 0) is 35.1 Å². The summed E-state index contributed by atoms with van der Waals surface area (Å²) in [6, 6.07) is 6.05. The number of phenols is 1. The van der Waals surface area contributed by atoms with Gasteiger partial charge in [-0.25, -0.2) is 0 Å². The predicted octanol–water partition coefficient (Wildman–Crippen LogP) is 3.65. The molecule has 0 unspecified atom stereocenters. The summed E-state index contributed by atoms with van der Waals surface area (Å²) < 4.78 is 37.7. The van der Waals surface area contributed by atoms with Crippen molar-refractivity contribution in [3.8, 4) is 5.75 Å². The van der Waals surface area contributed by atoms with Gasteiger partial charge >= 0.3 is 10.2 Å². The molecule has 3 rings (SSSR count). The number of phenolic OH excluding ortho intramolecular Hbond substituents is 1. The second-order valence-corrected chi connectivity index (χ2v) is 11.0. The summed E-state index contributed by atoms with van der Waals surface area (Å²) in [5.41, 5.74) is 0.816. The molecule has 0 saturated carbocycles. The molecular formula is C23H31N5O5S. The fourth-order valence-electron chi connectivity index (χ4n) is 3.37. The molecule has 1 atom stereocenters. The fraction of sp³-hybridized carbons (Fsp3) is 0.435. The van der Waals surface area contributed by atoms with Crippen molar-refractivity contribution >= 4 is 33.5 Å². The first-order valence-electron chi connectivity index (χ1n) is 10.8. The zero-order chi connectivity index (χ0) is 25.4. The van der Waals surface area contributed by atoms with Crippen LogP contribution >= 0.6 is 0 Å². The van der Waals surface area contributed by atoms with Crippen LogP contribution in [0.4, 0.5) is 5.69 Å². The number of furan rings is 1. The molecule has 0 fully saturated rings. The lowest BCUT2D eigenvalue weighted by Gasteiger charge is -2.30. The lowest BCUT2D eigenvalue weighted by Crippen LogP contribution is -2.41. The minimum absolute atomic E-state index is 0.0221. The third-order valence-corrected chi connectivity index (χ3v) is 6.13. The number of aromatic hydroxyl groups is 1. The highest BCUT2D eigenvalue weighted by Crippen LogP contribution is 2.35. The first-order chi connectivity index (χ1) is 15.7. The third kappa shape index (κ3) is 5.41. The van der Waals surface area contributed by atoms with Gasteiger partial charge in [0, 0.05) is 14.1 Å². The molecule has 2 heterocycles. The van der Waals surface area contributed by atoms with E-state index in [0.29, 0.717) is 5.76 Å². The fourth-order valence-corrected chi connectivity index (χ4v) is 4.15. The van der Waals surface area contributed by atoms with E-state index in [1.807, 2.05) is 26.8 Å². The zero-order valence-corrected chi connectivity index (χ0v) is 21.2. The minimum Gasteiger partial charge on any atom is -0.505 e. The van der Waals surface area contributed by atoms with Crippen LogP contribution in [0.25, 0.3) is 0 Å². The van der Waals surface area contributed by atoms with Crippen molar-refractivity contribution < 1.29 is 22.7 Å². The summed E-state index contributed by atoms with van der Waals surface area (Å²) in [4.78, 5) is 13.7. The third-order valence-electron chi connectivity index (χ3n) is 5.30. The number of anilines is 1. The number of carbonyl (C=O) groups excluding carboxylic acids is 1. The topological polar surface area (TPSA) is 137 Å². The highest BCUT2D eigenvalue weighted by Gasteiger charge is 2.34. The van der Waals surface area contributed by atoms with Crippen molar-refractivity contribution in [1.82, 2.24) is 10.2 Å². The van der Waals surface area contributed by atoms with Gasteiger partial charge < -0.3 is 25.1 Å². The van der Waals surface area contributed by atoms with E-state index >= 15 is 0 Å². The number of hydrogen-bond acceptors (Lipinski definition) is 7. The Hall–Kier alpha value is -3.34. The van der Waals surface area contributed by atoms with Crippen molar-refractivity contribution in [3.63, 3.8) is 0 Å². The van der Waals surface area contributed by atoms with E-state index in [1.54, 1.807) is 26.4 Å². The van der Waals surface area contributed by atoms with Crippen LogP contribution in [0.15, 0.2) is 43.7 Å². The molecule has 1 amide bonds. The molecule has 1 aliphatic rings. The van der Waals surface area contributed by atoms with Crippen molar-refractivity contribution in [3.05, 3.63) is 47.4 Å². The summed E-state index contributed by atoms with van der Waals surface area (Å²) in [6.07, 6.45) is 1.69. The Kier molecular flexibility index (Phi) is 6.79. The number of benzene rings is 1. The number of hydrogen-bond donors (Lipinski definition) is 3. The van der Waals surface area contributed by atoms with E-state index in [0.717, 1.165) is 5.56 Å². The van der Waals surface area contributed by atoms with Gasteiger partial charge in [-0.1, -0.05) is 40.7 Å². The highest BCUT2D eigenvalue weighted by molar-refractivity contribution is 7.89. The normalized spacial score (nSPS) is 16.1. The lowest BCUT2D eigenvalue weighted by atomic mass is 9.84. The maximum absolute atomic E-state index is 12.4. The second-order valence-electron chi connectivity index (χ2n) is 9.73. The summed E-state index contributed by atoms with van der Waals surface area (Å²) in [7, 11) is -1.00. The number of nitrogens with zero attached hydrogens (tertiary/aromatic N) is 3. The van der Waals surface area contributed by atoms with Crippen molar-refractivity contribution in [1.29, 1.82) is 0 Å². The van der Waals surface area contributed by atoms with Crippen LogP contribution in [-0.2, 0) is 10.2 Å². The number of rotatable bonds is 5. The SMILES string of the molecule is CC(C)c1coc([C@H](NC2=NS(=O)(=O)N=C2Nc2cccc(C(=O)N(C)C)c2O)C(C)(C)C)c1. The van der Waals surface area contributed by atoms with Crippen LogP contribution in [0, 0.1) is 5.41 Å². The maximum Gasteiger partial charge on any atom is 0.367 e. The van der Waals surface area contributed by atoms with Crippen LogP contribution in [0.1, 0.15) is 68.3 Å². The van der Waals surface area contributed by atoms with E-state index in [4.69, 9.17) is 4.42 Å². The Morgan fingerprint density at radius 3 is 2.35 bits per heavy atom. The molecule has 184 valence electrons. The van der Waals surface area contributed by atoms with E-state index < -0.39 is 22.2 Å². The molecule has 0 spiro atoms. The number of amidine groups is 2. The van der Waals surface area contributed by atoms with Gasteiger partial charge in [-0.3, -0.25) is 4.79 Å². The van der Waals surface area contributed by atoms with Gasteiger partial charge in [-0.2, -0.15) is 8.42 Å². The van der Waals surface area contributed by atoms with E-state index in [2.05, 4.69) is 33.3 Å². The van der Waals surface area contributed by atoms with E-state index in [9.17, 15) is 18.3 Å². The first-order valence-corrected chi connectivity index (χ1v) is 12.2. The molecule has 0 aliphatic carbocycles. The van der Waals surface area contributed by atoms with Gasteiger partial charge in [0.15, 0.2) is 17.4 Å². The summed E-state index contributed by atoms with van der Waals surface area (Å²) in [5, 5.41) is 16.6. The average molecular weight is 490 g/mol. The number of amides is 1. The van der Waals surface area contributed by atoms with Gasteiger partial charge in [0.1, 0.15) is 5.76 Å². The predicted molar refractivity (Wildman–Crippen MR) is 132 cm³/mol. The van der Waals surface area contributed by atoms with Gasteiger partial charge in [0.2, 0.25) is 0 Å². The molecule has 11 heteroatoms. The number of para-hydroxylation sites is 1. The van der Waals surface area contributed by atoms with Crippen molar-refractivity contribution in [2.45, 2.75) is 46.6 Å². The van der Waals surface area contributed by atoms with Crippen LogP contribution in [0.3, 0.4) is 0 Å². The maximum atomic E-state index is 12.4. The van der Waals surface area contributed by atoms with Gasteiger partial charge in [0.05, 0.1) is 23.6 Å². The van der Waals surface area contributed by atoms with Crippen LogP contribution in [0.2, 0.25) is 0 Å². The van der Waals surface area contributed by atoms with Crippen molar-refractivity contribution in [2.75, 3.05) is 19.4 Å². The standard InChI is InChI=1S/C23H31N5O5S/c1-13(2)14-11-17(33-12-14)19(23(3,4)5)25-21-20(26-34(31,32)27-21)24-16-10-8-9-15(18(16)29)22(30)28(6)7/h8-13,19,29H,1-7H3,(H,24,26)(H,25,27)/t19-/m0/s1. The number of nitrogens with one attached hydrogen (secondary N) is 2. The summed E-state index contributed by atoms with van der Waals surface area (Å²) in [6.45, 7) is 10.1. The Balaban J connectivity index is 1.95. The Bertz CT molecular complexity index is 1250. The molecule has 2 aromatic rings. The lowest BCUT2D eigenvalue weighted by molar-refractivity contribution is 0.0824. The Labute approximate surface area is 200 Å². The van der Waals surface area contributed by atoms with Gasteiger partial charge in [0.25, 0.3) is 5.91 Å². The van der Waals surface area contributed by atoms with E-state index in [-0.39, 0.29) is 40.0 Å². The second kappa shape index (κ2) is 9.13. The Morgan fingerprint density at radius 1 is 1.15 bits per heavy atom. The molecule has 0 saturated heterocycles. The number of carbonyl (C=O) groups is 1. The Morgan fingerprint density at radius 2 is 1.79 bits per heavy atom. The highest BCUT2D eigenvalue weighted by atomic mass is 32.2. The first kappa shape index (κ1) is 25.3. The average Bonchev–Trinajstić information content (AvgIpc) is 3.30.